The number of benzene rings is 2. The lowest BCUT2D eigenvalue weighted by Crippen LogP contribution is -2.18. The summed E-state index contributed by atoms with van der Waals surface area (Å²) < 4.78 is 14.7. The maximum atomic E-state index is 13.1. The van der Waals surface area contributed by atoms with Gasteiger partial charge in [-0.2, -0.15) is 0 Å². The highest BCUT2D eigenvalue weighted by atomic mass is 19.1. The highest BCUT2D eigenvalue weighted by molar-refractivity contribution is 5.87. The van der Waals surface area contributed by atoms with E-state index in [1.807, 2.05) is 30.3 Å². The number of nitrogens with zero attached hydrogens (tertiary/aromatic N) is 1. The summed E-state index contributed by atoms with van der Waals surface area (Å²) in [6.45, 7) is 3.94. The Bertz CT molecular complexity index is 981. The lowest BCUT2D eigenvalue weighted by molar-refractivity contribution is 0.0695. The molecular weight excluding hydrogens is 347 g/mol. The monoisotopic (exact) mass is 366 g/mol. The van der Waals surface area contributed by atoms with Crippen LogP contribution < -0.4 is 11.2 Å². The van der Waals surface area contributed by atoms with Gasteiger partial charge in [0.2, 0.25) is 0 Å². The molecule has 0 aliphatic carbocycles. The number of hydrogen-bond acceptors (Lipinski definition) is 3. The van der Waals surface area contributed by atoms with Crippen LogP contribution in [-0.4, -0.2) is 22.2 Å². The Balaban J connectivity index is 0.000000596. The van der Waals surface area contributed by atoms with Crippen LogP contribution in [0.3, 0.4) is 0 Å². The quantitative estimate of drug-likeness (QED) is 0.693. The Hall–Kier alpha value is -3.51. The van der Waals surface area contributed by atoms with Gasteiger partial charge in [0.1, 0.15) is 11.4 Å². The predicted octanol–water partition coefficient (Wildman–Crippen LogP) is 3.47. The fourth-order valence-corrected chi connectivity index (χ4v) is 2.34. The highest BCUT2D eigenvalue weighted by Crippen LogP contribution is 2.22. The van der Waals surface area contributed by atoms with Crippen LogP contribution >= 0.6 is 0 Å². The van der Waals surface area contributed by atoms with Crippen LogP contribution in [-0.2, 0) is 0 Å². The smallest absolute Gasteiger partial charge is 0.341 e. The summed E-state index contributed by atoms with van der Waals surface area (Å²) in [4.78, 5) is 23.3. The molecule has 0 bridgehead atoms. The van der Waals surface area contributed by atoms with E-state index in [1.54, 1.807) is 10.6 Å². The summed E-state index contributed by atoms with van der Waals surface area (Å²) >= 11 is 0. The van der Waals surface area contributed by atoms with Crippen molar-refractivity contribution in [2.75, 3.05) is 6.54 Å². The van der Waals surface area contributed by atoms with E-state index in [4.69, 9.17) is 10.8 Å². The van der Waals surface area contributed by atoms with Gasteiger partial charge in [-0.1, -0.05) is 36.4 Å². The van der Waals surface area contributed by atoms with E-state index >= 15 is 0 Å². The van der Waals surface area contributed by atoms with Crippen molar-refractivity contribution in [3.63, 3.8) is 0 Å². The zero-order valence-electron chi connectivity index (χ0n) is 14.5. The van der Waals surface area contributed by atoms with Crippen molar-refractivity contribution in [3.8, 4) is 16.9 Å². The number of aromatic nitrogens is 1. The molecule has 0 aliphatic rings. The Morgan fingerprint density at radius 2 is 1.74 bits per heavy atom. The van der Waals surface area contributed by atoms with E-state index in [2.05, 4.69) is 6.58 Å². The number of pyridine rings is 1. The largest absolute Gasteiger partial charge is 0.477 e. The third-order valence-electron chi connectivity index (χ3n) is 3.62. The van der Waals surface area contributed by atoms with Crippen molar-refractivity contribution in [1.82, 2.24) is 4.57 Å². The van der Waals surface area contributed by atoms with E-state index in [0.717, 1.165) is 5.56 Å². The number of carboxylic acid groups (broad SMARTS) is 1. The van der Waals surface area contributed by atoms with E-state index < -0.39 is 17.2 Å². The Labute approximate surface area is 155 Å². The molecule has 0 aliphatic heterocycles. The Morgan fingerprint density at radius 3 is 2.26 bits per heavy atom. The molecule has 0 unspecified atom stereocenters. The zero-order valence-corrected chi connectivity index (χ0v) is 14.5. The minimum absolute atomic E-state index is 0.339. The summed E-state index contributed by atoms with van der Waals surface area (Å²) in [5.41, 5.74) is 5.85. The van der Waals surface area contributed by atoms with Crippen LogP contribution in [0.15, 0.2) is 84.3 Å². The highest BCUT2D eigenvalue weighted by Gasteiger charge is 2.14. The van der Waals surface area contributed by atoms with Gasteiger partial charge in [-0.15, -0.1) is 6.58 Å². The third kappa shape index (κ3) is 4.99. The predicted molar refractivity (Wildman–Crippen MR) is 104 cm³/mol. The maximum absolute atomic E-state index is 13.1. The summed E-state index contributed by atoms with van der Waals surface area (Å²) in [6.07, 6.45) is 2.92. The molecule has 0 saturated heterocycles. The van der Waals surface area contributed by atoms with Crippen LogP contribution in [0.5, 0.6) is 0 Å². The Morgan fingerprint density at radius 1 is 1.15 bits per heavy atom. The lowest BCUT2D eigenvalue weighted by atomic mass is 10.1. The number of nitrogens with two attached hydrogens (primary N) is 1. The second-order valence-corrected chi connectivity index (χ2v) is 5.48. The van der Waals surface area contributed by atoms with Gasteiger partial charge in [-0.25, -0.2) is 9.18 Å². The molecule has 0 radical (unpaired) electrons. The Kier molecular flexibility index (Phi) is 6.79. The molecule has 3 aromatic rings. The molecule has 0 fully saturated rings. The maximum Gasteiger partial charge on any atom is 0.341 e. The summed E-state index contributed by atoms with van der Waals surface area (Å²) in [6, 6.07) is 16.0. The van der Waals surface area contributed by atoms with Crippen molar-refractivity contribution in [3.05, 3.63) is 101 Å². The number of carbonyl (C=O) groups is 1. The summed E-state index contributed by atoms with van der Waals surface area (Å²) in [5.74, 6) is -1.69. The standard InChI is InChI=1S/C18H12FNO3.C3H7N/c19-13-6-8-14(9-7-13)20-11-15(18(22)23)17(21)10-16(20)12-4-2-1-3-5-12;1-2-3-4/h1-11H,(H,22,23);2H,1,3-4H2. The first-order chi connectivity index (χ1) is 13.0. The van der Waals surface area contributed by atoms with Crippen molar-refractivity contribution >= 4 is 5.97 Å². The van der Waals surface area contributed by atoms with E-state index in [9.17, 15) is 14.0 Å². The second-order valence-electron chi connectivity index (χ2n) is 5.48. The number of rotatable bonds is 4. The molecule has 1 aromatic heterocycles. The minimum Gasteiger partial charge on any atom is -0.477 e. The number of aromatic carboxylic acids is 1. The van der Waals surface area contributed by atoms with E-state index in [1.165, 1.54) is 36.5 Å². The van der Waals surface area contributed by atoms with Crippen molar-refractivity contribution in [2.45, 2.75) is 0 Å². The van der Waals surface area contributed by atoms with Crippen molar-refractivity contribution < 1.29 is 14.3 Å². The molecule has 3 N–H and O–H groups in total. The second kappa shape index (κ2) is 9.26. The molecule has 0 saturated carbocycles. The SMILES string of the molecule is C=CCN.O=C(O)c1cn(-c2ccc(F)cc2)c(-c2ccccc2)cc1=O. The molecule has 0 amide bonds. The average Bonchev–Trinajstić information content (AvgIpc) is 2.69. The molecule has 1 heterocycles. The summed E-state index contributed by atoms with van der Waals surface area (Å²) in [7, 11) is 0. The van der Waals surface area contributed by atoms with Crippen LogP contribution in [0.2, 0.25) is 0 Å². The van der Waals surface area contributed by atoms with Crippen LogP contribution in [0.25, 0.3) is 16.9 Å². The van der Waals surface area contributed by atoms with Crippen molar-refractivity contribution in [1.29, 1.82) is 0 Å². The molecular formula is C21H19FN2O3. The molecule has 6 heteroatoms. The topological polar surface area (TPSA) is 85.3 Å². The van der Waals surface area contributed by atoms with Gasteiger partial charge >= 0.3 is 5.97 Å². The first kappa shape index (κ1) is 19.8. The van der Waals surface area contributed by atoms with Gasteiger partial charge < -0.3 is 15.4 Å². The average molecular weight is 366 g/mol. The molecule has 27 heavy (non-hydrogen) atoms. The van der Waals surface area contributed by atoms with Gasteiger partial charge in [-0.05, 0) is 29.8 Å². The zero-order chi connectivity index (χ0) is 19.8. The molecule has 0 spiro atoms. The first-order valence-electron chi connectivity index (χ1n) is 8.10. The normalized spacial score (nSPS) is 9.85. The van der Waals surface area contributed by atoms with Crippen molar-refractivity contribution in [2.24, 2.45) is 5.73 Å². The fourth-order valence-electron chi connectivity index (χ4n) is 2.34. The van der Waals surface area contributed by atoms with Crippen LogP contribution in [0.1, 0.15) is 10.4 Å². The first-order valence-corrected chi connectivity index (χ1v) is 8.10. The molecule has 138 valence electrons. The molecule has 5 nitrogen and oxygen atoms in total. The lowest BCUT2D eigenvalue weighted by Gasteiger charge is -2.14. The third-order valence-corrected chi connectivity index (χ3v) is 3.62. The van der Waals surface area contributed by atoms with Crippen LogP contribution in [0, 0.1) is 5.82 Å². The number of halogens is 1. The van der Waals surface area contributed by atoms with Gasteiger partial charge in [0, 0.05) is 24.5 Å². The molecule has 2 aromatic carbocycles. The van der Waals surface area contributed by atoms with E-state index in [0.29, 0.717) is 17.9 Å². The van der Waals surface area contributed by atoms with Gasteiger partial charge in [-0.3, -0.25) is 4.79 Å². The summed E-state index contributed by atoms with van der Waals surface area (Å²) in [5, 5.41) is 9.17. The molecule has 3 rings (SSSR count). The fraction of sp³-hybridized carbons (Fsp3) is 0.0476. The number of carboxylic acids is 1. The number of hydrogen-bond donors (Lipinski definition) is 2. The van der Waals surface area contributed by atoms with Gasteiger partial charge in [0.15, 0.2) is 5.43 Å². The van der Waals surface area contributed by atoms with Gasteiger partial charge in [0.25, 0.3) is 0 Å². The van der Waals surface area contributed by atoms with Gasteiger partial charge in [0.05, 0.1) is 5.69 Å². The van der Waals surface area contributed by atoms with E-state index in [-0.39, 0.29) is 5.56 Å². The minimum atomic E-state index is -1.30. The van der Waals surface area contributed by atoms with Crippen LogP contribution in [0.4, 0.5) is 4.39 Å². The molecule has 0 atom stereocenters.